The van der Waals surface area contributed by atoms with Gasteiger partial charge in [-0.1, -0.05) is 115 Å². The molecule has 395 valence electrons. The van der Waals surface area contributed by atoms with Crippen molar-refractivity contribution in [3.63, 3.8) is 0 Å². The number of aromatic nitrogens is 3. The molecule has 0 spiro atoms. The van der Waals surface area contributed by atoms with Crippen LogP contribution in [0.25, 0.3) is 77.0 Å². The number of rotatable bonds is 17. The van der Waals surface area contributed by atoms with Crippen LogP contribution in [0.1, 0.15) is 35.3 Å². The van der Waals surface area contributed by atoms with Crippen LogP contribution in [-0.4, -0.2) is 87.8 Å². The van der Waals surface area contributed by atoms with E-state index < -0.39 is 43.7 Å². The maximum atomic E-state index is 10.7. The number of hydrogen-bond donors (Lipinski definition) is 2. The van der Waals surface area contributed by atoms with Crippen LogP contribution in [0.2, 0.25) is 0 Å². The summed E-state index contributed by atoms with van der Waals surface area (Å²) in [7, 11) is -8.41. The molecule has 0 fully saturated rings. The molecular formula is C59H47Cs2IrN3O12S2-2. The molecule has 10 aromatic rings. The topological polar surface area (TPSA) is 246 Å². The van der Waals surface area contributed by atoms with Crippen molar-refractivity contribution in [2.75, 3.05) is 24.7 Å². The summed E-state index contributed by atoms with van der Waals surface area (Å²) in [5.41, 5.74) is 7.91. The first-order valence-electron chi connectivity index (χ1n) is 23.8. The Morgan fingerprint density at radius 3 is 1.32 bits per heavy atom. The minimum atomic E-state index is -4.21. The molecule has 3 heterocycles. The molecule has 0 unspecified atom stereocenters. The van der Waals surface area contributed by atoms with E-state index in [-0.39, 0.29) is 196 Å². The summed E-state index contributed by atoms with van der Waals surface area (Å²) in [5, 5.41) is 24.0. The molecule has 7 aromatic carbocycles. The van der Waals surface area contributed by atoms with Crippen LogP contribution in [0.15, 0.2) is 176 Å². The van der Waals surface area contributed by atoms with Crippen LogP contribution in [0.3, 0.4) is 0 Å². The fraction of sp³-hybridized carbons (Fsp3) is 0.136. The van der Waals surface area contributed by atoms with Crippen molar-refractivity contribution in [3.8, 4) is 45.1 Å². The maximum absolute atomic E-state index is 10.7. The zero-order valence-corrected chi connectivity index (χ0v) is 59.5. The number of ether oxygens (including phenoxy) is 2. The van der Waals surface area contributed by atoms with Crippen molar-refractivity contribution in [1.82, 2.24) is 15.0 Å². The minimum absolute atomic E-state index is 0. The van der Waals surface area contributed by atoms with Crippen LogP contribution >= 0.6 is 0 Å². The second kappa shape index (κ2) is 31.5. The Hall–Kier alpha value is -3.86. The van der Waals surface area contributed by atoms with Crippen molar-refractivity contribution >= 4 is 75.5 Å². The van der Waals surface area contributed by atoms with Gasteiger partial charge in [0.25, 0.3) is 0 Å². The second-order valence-electron chi connectivity index (χ2n) is 17.2. The van der Waals surface area contributed by atoms with Crippen molar-refractivity contribution < 1.29 is 213 Å². The Balaban J connectivity index is 0.000000217. The Morgan fingerprint density at radius 2 is 0.937 bits per heavy atom. The Kier molecular flexibility index (Phi) is 26.3. The zero-order valence-electron chi connectivity index (χ0n) is 42.9. The summed E-state index contributed by atoms with van der Waals surface area (Å²) in [4.78, 5) is 34.7. The van der Waals surface area contributed by atoms with E-state index in [1.165, 1.54) is 12.3 Å². The van der Waals surface area contributed by atoms with Gasteiger partial charge in [-0.25, -0.2) is 26.6 Å². The third-order valence-electron chi connectivity index (χ3n) is 11.8. The van der Waals surface area contributed by atoms with Gasteiger partial charge in [-0.05, 0) is 81.5 Å². The largest absolute Gasteiger partial charge is 1.00 e. The van der Waals surface area contributed by atoms with Crippen LogP contribution in [0, 0.1) is 12.1 Å². The molecule has 20 heteroatoms. The monoisotopic (exact) mass is 1510 g/mol. The van der Waals surface area contributed by atoms with Gasteiger partial charge in [-0.15, -0.1) is 59.7 Å². The number of nitrogens with zero attached hydrogens (tertiary/aromatic N) is 3. The zero-order chi connectivity index (χ0) is 53.7. The van der Waals surface area contributed by atoms with E-state index in [0.717, 1.165) is 82.6 Å². The number of pyridine rings is 3. The van der Waals surface area contributed by atoms with Crippen molar-refractivity contribution in [1.29, 1.82) is 0 Å². The van der Waals surface area contributed by atoms with Gasteiger partial charge in [0.15, 0.2) is 0 Å². The number of para-hydroxylation sites is 2. The molecule has 0 atom stereocenters. The van der Waals surface area contributed by atoms with Gasteiger partial charge in [0.05, 0.1) is 44.5 Å². The molecule has 0 saturated carbocycles. The third-order valence-corrected chi connectivity index (χ3v) is 13.4. The van der Waals surface area contributed by atoms with Crippen molar-refractivity contribution in [3.05, 3.63) is 199 Å². The Bertz CT molecular complexity index is 3700. The number of benzene rings is 7. The van der Waals surface area contributed by atoms with E-state index in [4.69, 9.17) is 29.7 Å². The van der Waals surface area contributed by atoms with Crippen LogP contribution in [0.4, 0.5) is 0 Å². The van der Waals surface area contributed by atoms with E-state index in [9.17, 15) is 35.5 Å². The van der Waals surface area contributed by atoms with Gasteiger partial charge in [0.2, 0.25) is 0 Å². The number of aliphatic carboxylic acids is 1. The van der Waals surface area contributed by atoms with E-state index in [2.05, 4.69) is 41.4 Å². The van der Waals surface area contributed by atoms with Gasteiger partial charge in [-0.2, -0.15) is 0 Å². The number of fused-ring (bicyclic) bond motifs is 6. The molecule has 3 aromatic heterocycles. The summed E-state index contributed by atoms with van der Waals surface area (Å²) in [6.45, 7) is 0.317. The number of carboxylic acids is 2. The van der Waals surface area contributed by atoms with Crippen molar-refractivity contribution in [2.45, 2.75) is 25.7 Å². The summed E-state index contributed by atoms with van der Waals surface area (Å²) in [5.74, 6) is -1.60. The molecule has 15 nitrogen and oxygen atoms in total. The van der Waals surface area contributed by atoms with Crippen LogP contribution in [0.5, 0.6) is 11.5 Å². The SMILES string of the molecule is O=C(O)CCc1ccc(-c2ccc(C(=O)O)nc2)cc1.O=S(=O)([O-])CCCOc1c[c-]c(-c2nc3ccccc3c3ccccc23)cc1.O=S(=O)([O-])CCCOc1c[c-]c(-c2nc3ccccc3c3ccccc23)cc1.[Cs+].[Cs+].[Ir]. The second-order valence-corrected chi connectivity index (χ2v) is 20.2. The number of carbonyl (C=O) groups is 2. The fourth-order valence-electron chi connectivity index (χ4n) is 8.17. The molecule has 0 bridgehead atoms. The van der Waals surface area contributed by atoms with Gasteiger partial charge >= 0.3 is 150 Å². The molecule has 0 amide bonds. The number of aromatic carboxylic acids is 1. The third kappa shape index (κ3) is 19.4. The smallest absolute Gasteiger partial charge is 0.748 e. The molecule has 1 radical (unpaired) electrons. The van der Waals surface area contributed by atoms with Crippen molar-refractivity contribution in [2.24, 2.45) is 0 Å². The molecule has 0 saturated heterocycles. The average Bonchev–Trinajstić information content (AvgIpc) is 3.50. The molecule has 10 rings (SSSR count). The molecule has 0 aliphatic heterocycles. The molecule has 2 N–H and O–H groups in total. The van der Waals surface area contributed by atoms with E-state index >= 15 is 0 Å². The maximum Gasteiger partial charge on any atom is 1.00 e. The fourth-order valence-corrected chi connectivity index (χ4v) is 9.11. The minimum Gasteiger partial charge on any atom is -0.748 e. The predicted octanol–water partition coefficient (Wildman–Crippen LogP) is 4.81. The van der Waals surface area contributed by atoms with E-state index in [1.807, 2.05) is 109 Å². The Labute approximate surface area is 588 Å². The first kappa shape index (κ1) is 65.9. The van der Waals surface area contributed by atoms with E-state index in [1.54, 1.807) is 30.3 Å². The van der Waals surface area contributed by atoms with Gasteiger partial charge < -0.3 is 28.8 Å². The van der Waals surface area contributed by atoms with Gasteiger partial charge in [0, 0.05) is 72.1 Å². The van der Waals surface area contributed by atoms with E-state index in [0.29, 0.717) is 17.9 Å². The van der Waals surface area contributed by atoms with Gasteiger partial charge in [-0.3, -0.25) is 14.8 Å². The molecular weight excluding hydrogens is 1460 g/mol. The van der Waals surface area contributed by atoms with Crippen LogP contribution < -0.4 is 147 Å². The number of hydrogen-bond acceptors (Lipinski definition) is 13. The summed E-state index contributed by atoms with van der Waals surface area (Å²) in [6, 6.07) is 60.1. The first-order valence-corrected chi connectivity index (χ1v) is 27.0. The normalized spacial score (nSPS) is 10.9. The standard InChI is InChI=1S/2C22H18NO4S.C15H13NO4.2Cs.Ir/c2*24-28(25,26)15-5-14-27-17-12-10-16(11-13-17)22-20-8-2-1-6-18(20)19-7-3-4-9-21(19)23-22;17-14(18)8-3-10-1-4-11(5-2-10)12-6-7-13(15(19)20)16-9-12;;;/h2*1-4,6-10,12-13H,5,14-15H2,(H,24,25,26);1-2,4-7,9H,3,8H2,(H,17,18)(H,19,20);;;/q2*-1;;2*+1;/p-2. The summed E-state index contributed by atoms with van der Waals surface area (Å²) < 4.78 is 74.7. The average molecular weight is 1510 g/mol. The quantitative estimate of drug-likeness (QED) is 0.0538. The summed E-state index contributed by atoms with van der Waals surface area (Å²) in [6.07, 6.45) is 2.42. The molecule has 0 aliphatic rings. The first-order chi connectivity index (χ1) is 36.6. The Morgan fingerprint density at radius 1 is 0.519 bits per heavy atom. The molecule has 79 heavy (non-hydrogen) atoms. The predicted molar refractivity (Wildman–Crippen MR) is 289 cm³/mol. The number of aryl methyl sites for hydroxylation is 1. The van der Waals surface area contributed by atoms with Crippen LogP contribution in [-0.2, 0) is 51.6 Å². The summed E-state index contributed by atoms with van der Waals surface area (Å²) >= 11 is 0. The number of carboxylic acid groups (broad SMARTS) is 2. The van der Waals surface area contributed by atoms with Gasteiger partial charge in [0.1, 0.15) is 5.69 Å². The molecule has 0 aliphatic carbocycles.